The van der Waals surface area contributed by atoms with Gasteiger partial charge in [-0.1, -0.05) is 12.1 Å². The molecule has 4 rings (SSSR count). The van der Waals surface area contributed by atoms with Crippen molar-refractivity contribution in [3.05, 3.63) is 58.9 Å². The van der Waals surface area contributed by atoms with Gasteiger partial charge in [0, 0.05) is 32.4 Å². The van der Waals surface area contributed by atoms with E-state index in [0.29, 0.717) is 13.1 Å². The Labute approximate surface area is 149 Å². The lowest BCUT2D eigenvalue weighted by Crippen LogP contribution is -2.48. The van der Waals surface area contributed by atoms with Crippen LogP contribution in [0.3, 0.4) is 0 Å². The molecule has 0 atom stereocenters. The number of hydrogen-bond donors (Lipinski definition) is 0. The van der Waals surface area contributed by atoms with Crippen molar-refractivity contribution in [3.63, 3.8) is 0 Å². The van der Waals surface area contributed by atoms with Gasteiger partial charge in [0.1, 0.15) is 5.69 Å². The van der Waals surface area contributed by atoms with E-state index in [1.54, 1.807) is 6.20 Å². The topological polar surface area (TPSA) is 62.2 Å². The van der Waals surface area contributed by atoms with Gasteiger partial charge >= 0.3 is 0 Å². The van der Waals surface area contributed by atoms with Crippen molar-refractivity contribution in [1.82, 2.24) is 20.1 Å². The molecule has 6 nitrogen and oxygen atoms in total. The van der Waals surface area contributed by atoms with Crippen LogP contribution < -0.4 is 4.90 Å². The zero-order valence-electron chi connectivity index (χ0n) is 13.6. The fourth-order valence-electron chi connectivity index (χ4n) is 2.84. The number of aromatic nitrogens is 3. The van der Waals surface area contributed by atoms with Crippen LogP contribution in [-0.2, 0) is 0 Å². The molecule has 25 heavy (non-hydrogen) atoms. The quantitative estimate of drug-likeness (QED) is 0.726. The Morgan fingerprint density at radius 2 is 1.80 bits per heavy atom. The van der Waals surface area contributed by atoms with Crippen molar-refractivity contribution < 1.29 is 4.79 Å². The Morgan fingerprint density at radius 1 is 0.920 bits per heavy atom. The first-order valence-electron chi connectivity index (χ1n) is 8.14. The SMILES string of the molecule is O=C(c1cccs1)N1CCN(c2ccc(-c3ccccn3)nn2)CC1. The third kappa shape index (κ3) is 3.36. The molecule has 3 aromatic rings. The van der Waals surface area contributed by atoms with Gasteiger partial charge in [-0.05, 0) is 35.7 Å². The fraction of sp³-hybridized carbons (Fsp3) is 0.222. The van der Waals surface area contributed by atoms with E-state index in [1.807, 2.05) is 52.7 Å². The van der Waals surface area contributed by atoms with Crippen LogP contribution in [0.1, 0.15) is 9.67 Å². The highest BCUT2D eigenvalue weighted by Crippen LogP contribution is 2.19. The summed E-state index contributed by atoms with van der Waals surface area (Å²) in [6.45, 7) is 2.91. The minimum absolute atomic E-state index is 0.117. The van der Waals surface area contributed by atoms with Gasteiger partial charge in [-0.2, -0.15) is 0 Å². The predicted molar refractivity (Wildman–Crippen MR) is 97.7 cm³/mol. The van der Waals surface area contributed by atoms with Crippen LogP contribution >= 0.6 is 11.3 Å². The number of carbonyl (C=O) groups excluding carboxylic acids is 1. The minimum Gasteiger partial charge on any atom is -0.352 e. The third-order valence-corrected chi connectivity index (χ3v) is 5.06. The standard InChI is InChI=1S/C18H17N5OS/c24-18(16-5-3-13-25-16)23-11-9-22(10-12-23)17-7-6-15(20-21-17)14-4-1-2-8-19-14/h1-8,13H,9-12H2. The van der Waals surface area contributed by atoms with Gasteiger partial charge in [0.25, 0.3) is 5.91 Å². The summed E-state index contributed by atoms with van der Waals surface area (Å²) in [7, 11) is 0. The van der Waals surface area contributed by atoms with Gasteiger partial charge in [0.2, 0.25) is 0 Å². The van der Waals surface area contributed by atoms with E-state index in [-0.39, 0.29) is 5.91 Å². The molecule has 0 N–H and O–H groups in total. The number of anilines is 1. The van der Waals surface area contributed by atoms with Crippen molar-refractivity contribution in [2.24, 2.45) is 0 Å². The molecule has 126 valence electrons. The lowest BCUT2D eigenvalue weighted by atomic mass is 10.2. The van der Waals surface area contributed by atoms with Crippen molar-refractivity contribution in [3.8, 4) is 11.4 Å². The van der Waals surface area contributed by atoms with Gasteiger partial charge in [-0.25, -0.2) is 0 Å². The summed E-state index contributed by atoms with van der Waals surface area (Å²) in [6.07, 6.45) is 1.74. The monoisotopic (exact) mass is 351 g/mol. The second-order valence-corrected chi connectivity index (χ2v) is 6.70. The molecule has 1 saturated heterocycles. The lowest BCUT2D eigenvalue weighted by molar-refractivity contribution is 0.0751. The maximum Gasteiger partial charge on any atom is 0.264 e. The molecule has 0 saturated carbocycles. The number of piperazine rings is 1. The van der Waals surface area contributed by atoms with Gasteiger partial charge in [-0.3, -0.25) is 9.78 Å². The van der Waals surface area contributed by atoms with E-state index >= 15 is 0 Å². The zero-order chi connectivity index (χ0) is 17.1. The highest BCUT2D eigenvalue weighted by molar-refractivity contribution is 7.12. The van der Waals surface area contributed by atoms with Crippen molar-refractivity contribution in [2.45, 2.75) is 0 Å². The maximum absolute atomic E-state index is 12.4. The molecular formula is C18H17N5OS. The van der Waals surface area contributed by atoms with E-state index < -0.39 is 0 Å². The van der Waals surface area contributed by atoms with Gasteiger partial charge < -0.3 is 9.80 Å². The number of nitrogens with zero attached hydrogens (tertiary/aromatic N) is 5. The molecule has 1 amide bonds. The molecular weight excluding hydrogens is 334 g/mol. The molecule has 1 aliphatic rings. The van der Waals surface area contributed by atoms with E-state index in [9.17, 15) is 4.79 Å². The van der Waals surface area contributed by atoms with E-state index in [1.165, 1.54) is 11.3 Å². The first-order valence-corrected chi connectivity index (χ1v) is 9.02. The molecule has 7 heteroatoms. The van der Waals surface area contributed by atoms with Gasteiger partial charge in [0.15, 0.2) is 5.82 Å². The molecule has 3 aromatic heterocycles. The van der Waals surface area contributed by atoms with Crippen LogP contribution in [0.4, 0.5) is 5.82 Å². The smallest absolute Gasteiger partial charge is 0.264 e. The number of carbonyl (C=O) groups is 1. The van der Waals surface area contributed by atoms with Crippen LogP contribution in [0.5, 0.6) is 0 Å². The Bertz CT molecular complexity index is 828. The zero-order valence-corrected chi connectivity index (χ0v) is 14.4. The second-order valence-electron chi connectivity index (χ2n) is 5.75. The van der Waals surface area contributed by atoms with Crippen molar-refractivity contribution in [2.75, 3.05) is 31.1 Å². The Balaban J connectivity index is 1.40. The number of amides is 1. The van der Waals surface area contributed by atoms with Gasteiger partial charge in [-0.15, -0.1) is 21.5 Å². The fourth-order valence-corrected chi connectivity index (χ4v) is 3.53. The summed E-state index contributed by atoms with van der Waals surface area (Å²) in [6, 6.07) is 13.4. The van der Waals surface area contributed by atoms with Crippen molar-refractivity contribution >= 4 is 23.1 Å². The molecule has 1 fully saturated rings. The number of pyridine rings is 1. The molecule has 0 radical (unpaired) electrons. The summed E-state index contributed by atoms with van der Waals surface area (Å²) in [5, 5.41) is 10.6. The summed E-state index contributed by atoms with van der Waals surface area (Å²) in [4.78, 5) is 21.5. The lowest BCUT2D eigenvalue weighted by Gasteiger charge is -2.35. The van der Waals surface area contributed by atoms with Crippen LogP contribution in [0.15, 0.2) is 54.0 Å². The number of thiophene rings is 1. The summed E-state index contributed by atoms with van der Waals surface area (Å²) in [5.41, 5.74) is 1.57. The second kappa shape index (κ2) is 6.98. The molecule has 0 spiro atoms. The first kappa shape index (κ1) is 15.7. The van der Waals surface area contributed by atoms with E-state index in [0.717, 1.165) is 35.2 Å². The predicted octanol–water partition coefficient (Wildman–Crippen LogP) is 2.56. The Morgan fingerprint density at radius 3 is 2.44 bits per heavy atom. The molecule has 0 bridgehead atoms. The molecule has 4 heterocycles. The van der Waals surface area contributed by atoms with Crippen LogP contribution in [0.2, 0.25) is 0 Å². The normalized spacial score (nSPS) is 14.6. The van der Waals surface area contributed by atoms with Gasteiger partial charge in [0.05, 0.1) is 10.6 Å². The minimum atomic E-state index is 0.117. The number of rotatable bonds is 3. The molecule has 1 aliphatic heterocycles. The largest absolute Gasteiger partial charge is 0.352 e. The summed E-state index contributed by atoms with van der Waals surface area (Å²) >= 11 is 1.49. The maximum atomic E-state index is 12.4. The summed E-state index contributed by atoms with van der Waals surface area (Å²) < 4.78 is 0. The third-order valence-electron chi connectivity index (χ3n) is 4.20. The van der Waals surface area contributed by atoms with Crippen LogP contribution in [0.25, 0.3) is 11.4 Å². The Kier molecular flexibility index (Phi) is 4.39. The Hall–Kier alpha value is -2.80. The van der Waals surface area contributed by atoms with E-state index in [2.05, 4.69) is 20.1 Å². The molecule has 0 aromatic carbocycles. The van der Waals surface area contributed by atoms with Crippen LogP contribution in [-0.4, -0.2) is 52.2 Å². The average Bonchev–Trinajstić information content (AvgIpc) is 3.23. The number of hydrogen-bond acceptors (Lipinski definition) is 6. The molecule has 0 aliphatic carbocycles. The van der Waals surface area contributed by atoms with E-state index in [4.69, 9.17) is 0 Å². The highest BCUT2D eigenvalue weighted by atomic mass is 32.1. The summed E-state index contributed by atoms with van der Waals surface area (Å²) in [5.74, 6) is 0.953. The highest BCUT2D eigenvalue weighted by Gasteiger charge is 2.23. The first-order chi connectivity index (χ1) is 12.3. The van der Waals surface area contributed by atoms with Crippen molar-refractivity contribution in [1.29, 1.82) is 0 Å². The van der Waals surface area contributed by atoms with Crippen LogP contribution in [0, 0.1) is 0 Å². The average molecular weight is 351 g/mol. The molecule has 0 unspecified atom stereocenters.